The predicted molar refractivity (Wildman–Crippen MR) is 125 cm³/mol. The second kappa shape index (κ2) is 8.47. The Morgan fingerprint density at radius 1 is 1.00 bits per heavy atom. The molecule has 0 spiro atoms. The van der Waals surface area contributed by atoms with E-state index in [1.807, 2.05) is 49.4 Å². The zero-order valence-electron chi connectivity index (χ0n) is 19.1. The van der Waals surface area contributed by atoms with E-state index in [0.29, 0.717) is 25.7 Å². The number of sulfonamides is 1. The predicted octanol–water partition coefficient (Wildman–Crippen LogP) is 3.92. The monoisotopic (exact) mass is 471 g/mol. The van der Waals surface area contributed by atoms with Crippen LogP contribution in [0, 0.1) is 12.3 Å². The van der Waals surface area contributed by atoms with Crippen molar-refractivity contribution in [1.82, 2.24) is 4.31 Å². The lowest BCUT2D eigenvalue weighted by Crippen LogP contribution is -2.64. The van der Waals surface area contributed by atoms with Crippen molar-refractivity contribution in [2.45, 2.75) is 80.7 Å². The molecule has 2 aromatic rings. The summed E-state index contributed by atoms with van der Waals surface area (Å²) in [7, 11) is -3.91. The van der Waals surface area contributed by atoms with Crippen LogP contribution in [0.25, 0.3) is 0 Å². The molecule has 3 fully saturated rings. The van der Waals surface area contributed by atoms with Crippen LogP contribution in [0.5, 0.6) is 0 Å². The Morgan fingerprint density at radius 3 is 2.42 bits per heavy atom. The molecule has 2 N–H and O–H groups in total. The van der Waals surface area contributed by atoms with E-state index < -0.39 is 39.4 Å². The third-order valence-corrected chi connectivity index (χ3v) is 9.96. The molecule has 0 bridgehead atoms. The minimum absolute atomic E-state index is 0.233. The van der Waals surface area contributed by atoms with Gasteiger partial charge in [-0.05, 0) is 50.3 Å². The Bertz CT molecular complexity index is 1090. The highest BCUT2D eigenvalue weighted by atomic mass is 32.2. The van der Waals surface area contributed by atoms with Gasteiger partial charge in [0.25, 0.3) is 0 Å². The van der Waals surface area contributed by atoms with Gasteiger partial charge in [0.1, 0.15) is 6.23 Å². The summed E-state index contributed by atoms with van der Waals surface area (Å²) in [6.45, 7) is 2.17. The van der Waals surface area contributed by atoms with Crippen molar-refractivity contribution in [2.75, 3.05) is 6.61 Å². The first-order chi connectivity index (χ1) is 15.8. The van der Waals surface area contributed by atoms with Gasteiger partial charge in [-0.3, -0.25) is 0 Å². The van der Waals surface area contributed by atoms with E-state index in [1.165, 1.54) is 4.31 Å². The summed E-state index contributed by atoms with van der Waals surface area (Å²) >= 11 is 0. The van der Waals surface area contributed by atoms with Gasteiger partial charge < -0.3 is 14.9 Å². The maximum absolute atomic E-state index is 14.1. The summed E-state index contributed by atoms with van der Waals surface area (Å²) in [6, 6.07) is 16.0. The number of nitrogens with zero attached hydrogens (tertiary/aromatic N) is 1. The average molecular weight is 472 g/mol. The number of rotatable bonds is 4. The molecule has 7 heteroatoms. The van der Waals surface area contributed by atoms with Crippen molar-refractivity contribution in [3.8, 4) is 0 Å². The van der Waals surface area contributed by atoms with Crippen molar-refractivity contribution in [2.24, 2.45) is 5.41 Å². The summed E-state index contributed by atoms with van der Waals surface area (Å²) in [5.41, 5.74) is -0.0296. The van der Waals surface area contributed by atoms with Crippen LogP contribution in [0.15, 0.2) is 59.5 Å². The molecular formula is C26H33NO5S. The zero-order chi connectivity index (χ0) is 23.3. The van der Waals surface area contributed by atoms with E-state index in [2.05, 4.69) is 0 Å². The fourth-order valence-electron chi connectivity index (χ4n) is 6.33. The fraction of sp³-hybridized carbons (Fsp3) is 0.538. The lowest BCUT2D eigenvalue weighted by Gasteiger charge is -2.58. The Kier molecular flexibility index (Phi) is 5.90. The van der Waals surface area contributed by atoms with Gasteiger partial charge in [-0.2, -0.15) is 4.31 Å². The lowest BCUT2D eigenvalue weighted by atomic mass is 9.55. The molecule has 2 aliphatic carbocycles. The Balaban J connectivity index is 1.64. The van der Waals surface area contributed by atoms with E-state index in [1.54, 1.807) is 12.1 Å². The number of fused-ring (bicyclic) bond motifs is 1. The quantitative estimate of drug-likeness (QED) is 0.706. The lowest BCUT2D eigenvalue weighted by molar-refractivity contribution is -0.225. The van der Waals surface area contributed by atoms with Gasteiger partial charge in [-0.1, -0.05) is 60.9 Å². The van der Waals surface area contributed by atoms with Crippen LogP contribution in [-0.4, -0.2) is 47.5 Å². The molecule has 5 atom stereocenters. The number of aliphatic hydroxyl groups excluding tert-OH is 1. The van der Waals surface area contributed by atoms with Crippen LogP contribution in [0.4, 0.5) is 0 Å². The van der Waals surface area contributed by atoms with E-state index in [9.17, 15) is 18.6 Å². The number of aliphatic hydroxyl groups is 2. The highest BCUT2D eigenvalue weighted by Crippen LogP contribution is 2.59. The van der Waals surface area contributed by atoms with Crippen LogP contribution < -0.4 is 0 Å². The Morgan fingerprint density at radius 2 is 1.70 bits per heavy atom. The maximum atomic E-state index is 14.1. The van der Waals surface area contributed by atoms with Gasteiger partial charge in [0.2, 0.25) is 10.0 Å². The molecule has 178 valence electrons. The highest BCUT2D eigenvalue weighted by Gasteiger charge is 2.64. The molecule has 1 heterocycles. The Hall–Kier alpha value is -1.77. The van der Waals surface area contributed by atoms with Crippen molar-refractivity contribution in [3.05, 3.63) is 65.7 Å². The van der Waals surface area contributed by atoms with E-state index in [-0.39, 0.29) is 17.9 Å². The number of ether oxygens (including phenoxy) is 1. The maximum Gasteiger partial charge on any atom is 0.245 e. The fourth-order valence-corrected chi connectivity index (χ4v) is 8.09. The second-order valence-corrected chi connectivity index (χ2v) is 11.9. The first-order valence-corrected chi connectivity index (χ1v) is 13.4. The molecule has 3 aliphatic rings. The van der Waals surface area contributed by atoms with Gasteiger partial charge in [0.05, 0.1) is 29.2 Å². The van der Waals surface area contributed by atoms with Gasteiger partial charge in [-0.15, -0.1) is 0 Å². The largest absolute Gasteiger partial charge is 0.393 e. The molecule has 0 radical (unpaired) electrons. The molecule has 6 nitrogen and oxygen atoms in total. The molecule has 2 saturated carbocycles. The standard InChI is InChI=1S/C26H33NO5S/c1-19-9-11-22(12-10-19)33(30,31)27-23(20-7-3-2-4-8-20)18-32-24(27)25-14-5-6-15-26(25,29)17-21(28)13-16-25/h2-4,7-12,21,23-24,28-29H,5-6,13-18H2,1H3/t21-,23-,24+,25+,26+/m0/s1. The molecule has 0 amide bonds. The van der Waals surface area contributed by atoms with Crippen LogP contribution in [0.2, 0.25) is 0 Å². The Labute approximate surface area is 196 Å². The smallest absolute Gasteiger partial charge is 0.245 e. The van der Waals surface area contributed by atoms with Crippen LogP contribution in [0.1, 0.15) is 62.1 Å². The topological polar surface area (TPSA) is 87.1 Å². The van der Waals surface area contributed by atoms with E-state index in [4.69, 9.17) is 4.74 Å². The van der Waals surface area contributed by atoms with Crippen molar-refractivity contribution < 1.29 is 23.4 Å². The SMILES string of the molecule is Cc1ccc(S(=O)(=O)N2[C@H](c3ccccc3)CO[C@@H]2[C@]23CCCC[C@@]2(O)C[C@@H](O)CC3)cc1. The average Bonchev–Trinajstić information content (AvgIpc) is 3.26. The van der Waals surface area contributed by atoms with Gasteiger partial charge in [0, 0.05) is 11.8 Å². The number of aryl methyl sites for hydroxylation is 1. The van der Waals surface area contributed by atoms with Crippen molar-refractivity contribution >= 4 is 10.0 Å². The van der Waals surface area contributed by atoms with Gasteiger partial charge in [0.15, 0.2) is 0 Å². The summed E-state index contributed by atoms with van der Waals surface area (Å²) in [5, 5.41) is 22.3. The van der Waals surface area contributed by atoms with E-state index >= 15 is 0 Å². The van der Waals surface area contributed by atoms with Gasteiger partial charge >= 0.3 is 0 Å². The third kappa shape index (κ3) is 3.74. The second-order valence-electron chi connectivity index (χ2n) is 10.1. The highest BCUT2D eigenvalue weighted by molar-refractivity contribution is 7.89. The molecule has 1 aliphatic heterocycles. The molecule has 0 aromatic heterocycles. The molecule has 33 heavy (non-hydrogen) atoms. The number of benzene rings is 2. The van der Waals surface area contributed by atoms with Crippen LogP contribution >= 0.6 is 0 Å². The normalized spacial score (nSPS) is 35.3. The van der Waals surface area contributed by atoms with Crippen molar-refractivity contribution in [1.29, 1.82) is 0 Å². The molecular weight excluding hydrogens is 438 g/mol. The molecule has 2 aromatic carbocycles. The zero-order valence-corrected chi connectivity index (χ0v) is 19.9. The van der Waals surface area contributed by atoms with E-state index in [0.717, 1.165) is 24.0 Å². The summed E-state index contributed by atoms with van der Waals surface area (Å²) in [6.07, 6.45) is 2.99. The van der Waals surface area contributed by atoms with Crippen molar-refractivity contribution in [3.63, 3.8) is 0 Å². The number of hydrogen-bond acceptors (Lipinski definition) is 5. The summed E-state index contributed by atoms with van der Waals surface area (Å²) in [5.74, 6) is 0. The first kappa shape index (κ1) is 23.0. The van der Waals surface area contributed by atoms with Crippen LogP contribution in [-0.2, 0) is 14.8 Å². The minimum Gasteiger partial charge on any atom is -0.393 e. The molecule has 5 rings (SSSR count). The molecule has 0 unspecified atom stereocenters. The summed E-state index contributed by atoms with van der Waals surface area (Å²) < 4.78 is 36.2. The summed E-state index contributed by atoms with van der Waals surface area (Å²) in [4.78, 5) is 0.233. The first-order valence-electron chi connectivity index (χ1n) is 11.9. The minimum atomic E-state index is -3.91. The number of hydrogen-bond donors (Lipinski definition) is 2. The third-order valence-electron chi connectivity index (χ3n) is 8.09. The molecule has 1 saturated heterocycles. The van der Waals surface area contributed by atoms with Gasteiger partial charge in [-0.25, -0.2) is 8.42 Å². The van der Waals surface area contributed by atoms with Crippen LogP contribution in [0.3, 0.4) is 0 Å².